The Morgan fingerprint density at radius 1 is 0.950 bits per heavy atom. The van der Waals surface area contributed by atoms with E-state index >= 15 is 0 Å². The highest BCUT2D eigenvalue weighted by molar-refractivity contribution is 8.13. The molecule has 0 saturated heterocycles. The maximum absolute atomic E-state index is 6.32. The van der Waals surface area contributed by atoms with Crippen molar-refractivity contribution in [1.29, 1.82) is 0 Å². The predicted octanol–water partition coefficient (Wildman–Crippen LogP) is 9.20. The Morgan fingerprint density at radius 2 is 1.65 bits per heavy atom. The van der Waals surface area contributed by atoms with Crippen molar-refractivity contribution in [2.75, 3.05) is 24.0 Å². The summed E-state index contributed by atoms with van der Waals surface area (Å²) >= 11 is 14.0. The molecule has 0 bridgehead atoms. The van der Waals surface area contributed by atoms with Crippen LogP contribution in [0, 0.1) is 0 Å². The maximum atomic E-state index is 6.32. The summed E-state index contributed by atoms with van der Waals surface area (Å²) in [5.41, 5.74) is 8.82. The number of aromatic nitrogens is 1. The number of ether oxygens (including phenoxy) is 1. The van der Waals surface area contributed by atoms with Gasteiger partial charge in [-0.05, 0) is 108 Å². The number of hydrogen-bond donors (Lipinski definition) is 2. The van der Waals surface area contributed by atoms with Gasteiger partial charge in [-0.2, -0.15) is 0 Å². The number of benzene rings is 3. The van der Waals surface area contributed by atoms with Crippen LogP contribution in [0.4, 0.5) is 11.5 Å². The van der Waals surface area contributed by atoms with Crippen molar-refractivity contribution in [1.82, 2.24) is 4.98 Å². The van der Waals surface area contributed by atoms with Crippen LogP contribution >= 0.6 is 35.0 Å². The quantitative estimate of drug-likeness (QED) is 0.244. The van der Waals surface area contributed by atoms with Gasteiger partial charge in [-0.25, -0.2) is 9.98 Å². The molecular formula is C32H28Cl2N4OS. The Balaban J connectivity index is 1.54. The minimum Gasteiger partial charge on any atom is -0.497 e. The first-order valence-corrected chi connectivity index (χ1v) is 15.1. The van der Waals surface area contributed by atoms with E-state index in [1.165, 1.54) is 11.1 Å². The highest BCUT2D eigenvalue weighted by Gasteiger charge is 2.32. The molecule has 0 amide bonds. The molecule has 1 atom stereocenters. The van der Waals surface area contributed by atoms with Crippen LogP contribution in [-0.4, -0.2) is 23.5 Å². The monoisotopic (exact) mass is 586 g/mol. The van der Waals surface area contributed by atoms with Gasteiger partial charge >= 0.3 is 0 Å². The zero-order valence-corrected chi connectivity index (χ0v) is 24.5. The Bertz CT molecular complexity index is 1600. The summed E-state index contributed by atoms with van der Waals surface area (Å²) in [4.78, 5) is 10.3. The van der Waals surface area contributed by atoms with Gasteiger partial charge in [0.25, 0.3) is 0 Å². The van der Waals surface area contributed by atoms with Crippen molar-refractivity contribution >= 4 is 63.3 Å². The predicted molar refractivity (Wildman–Crippen MR) is 171 cm³/mol. The minimum absolute atomic E-state index is 0.332. The molecular weight excluding hydrogens is 559 g/mol. The molecule has 2 aliphatic rings. The van der Waals surface area contributed by atoms with Crippen molar-refractivity contribution in [3.05, 3.63) is 105 Å². The molecule has 3 aromatic carbocycles. The highest BCUT2D eigenvalue weighted by Crippen LogP contribution is 2.46. The average Bonchev–Trinajstić information content (AvgIpc) is 2.98. The number of hydrogen-bond acceptors (Lipinski definition) is 6. The number of methoxy groups -OCH3 is 1. The van der Waals surface area contributed by atoms with Gasteiger partial charge in [0.15, 0.2) is 11.3 Å². The zero-order valence-electron chi connectivity index (χ0n) is 22.2. The third kappa shape index (κ3) is 5.44. The summed E-state index contributed by atoms with van der Waals surface area (Å²) < 4.78 is 5.36. The van der Waals surface area contributed by atoms with E-state index in [1.54, 1.807) is 18.9 Å². The molecule has 0 radical (unpaired) electrons. The van der Waals surface area contributed by atoms with E-state index in [0.717, 1.165) is 74.7 Å². The van der Waals surface area contributed by atoms with Crippen LogP contribution in [0.2, 0.25) is 10.0 Å². The molecule has 1 aromatic heterocycles. The molecule has 2 N–H and O–H groups in total. The topological polar surface area (TPSA) is 58.5 Å². The van der Waals surface area contributed by atoms with Crippen molar-refractivity contribution in [2.45, 2.75) is 25.4 Å². The van der Waals surface area contributed by atoms with Crippen LogP contribution in [0.5, 0.6) is 5.75 Å². The lowest BCUT2D eigenvalue weighted by molar-refractivity contribution is 0.415. The fourth-order valence-electron chi connectivity index (χ4n) is 5.30. The van der Waals surface area contributed by atoms with Crippen LogP contribution in [0.1, 0.15) is 41.4 Å². The molecule has 1 unspecified atom stereocenters. The molecule has 1 aliphatic heterocycles. The third-order valence-corrected chi connectivity index (χ3v) is 8.29. The van der Waals surface area contributed by atoms with Gasteiger partial charge in [-0.1, -0.05) is 59.2 Å². The minimum atomic E-state index is -0.332. The van der Waals surface area contributed by atoms with E-state index in [-0.39, 0.29) is 6.17 Å². The summed E-state index contributed by atoms with van der Waals surface area (Å²) in [7, 11) is 1.67. The SMILES string of the molecule is COc1ccc(NC2N=C(SC)Nc3nc4c(c(-c5ccc(Cl)cc5)c32)CCC/C4=C/c2ccc(Cl)cc2)cc1. The van der Waals surface area contributed by atoms with Crippen LogP contribution in [-0.2, 0) is 6.42 Å². The number of rotatable bonds is 5. The molecule has 8 heteroatoms. The lowest BCUT2D eigenvalue weighted by atomic mass is 9.82. The van der Waals surface area contributed by atoms with Crippen LogP contribution < -0.4 is 15.4 Å². The first-order valence-electron chi connectivity index (χ1n) is 13.1. The molecule has 4 aromatic rings. The summed E-state index contributed by atoms with van der Waals surface area (Å²) in [6.07, 6.45) is 6.85. The number of allylic oxidation sites excluding steroid dienone is 1. The van der Waals surface area contributed by atoms with Crippen molar-refractivity contribution in [3.63, 3.8) is 0 Å². The van der Waals surface area contributed by atoms with E-state index in [2.05, 4.69) is 28.8 Å². The summed E-state index contributed by atoms with van der Waals surface area (Å²) in [6.45, 7) is 0. The smallest absolute Gasteiger partial charge is 0.164 e. The molecule has 2 heterocycles. The van der Waals surface area contributed by atoms with E-state index in [0.29, 0.717) is 5.02 Å². The van der Waals surface area contributed by atoms with Crippen molar-refractivity contribution in [2.24, 2.45) is 4.99 Å². The Morgan fingerprint density at radius 3 is 2.33 bits per heavy atom. The molecule has 1 aliphatic carbocycles. The Kier molecular flexibility index (Phi) is 7.74. The maximum Gasteiger partial charge on any atom is 0.164 e. The first kappa shape index (κ1) is 26.8. The normalized spacial score (nSPS) is 16.9. The molecule has 0 spiro atoms. The lowest BCUT2D eigenvalue weighted by Crippen LogP contribution is -2.25. The molecule has 202 valence electrons. The van der Waals surface area contributed by atoms with Crippen molar-refractivity contribution < 1.29 is 4.74 Å². The Hall–Kier alpha value is -3.45. The van der Waals surface area contributed by atoms with E-state index in [1.807, 2.05) is 66.9 Å². The third-order valence-electron chi connectivity index (χ3n) is 7.19. The second-order valence-electron chi connectivity index (χ2n) is 9.70. The summed E-state index contributed by atoms with van der Waals surface area (Å²) in [5.74, 6) is 1.63. The largest absolute Gasteiger partial charge is 0.497 e. The van der Waals surface area contributed by atoms with Crippen LogP contribution in [0.15, 0.2) is 77.8 Å². The van der Waals surface area contributed by atoms with Crippen molar-refractivity contribution in [3.8, 4) is 16.9 Å². The molecule has 5 nitrogen and oxygen atoms in total. The van der Waals surface area contributed by atoms with E-state index in [9.17, 15) is 0 Å². The number of aliphatic imine (C=N–C) groups is 1. The number of anilines is 2. The van der Waals surface area contributed by atoms with Gasteiger partial charge in [-0.3, -0.25) is 0 Å². The molecule has 40 heavy (non-hydrogen) atoms. The van der Waals surface area contributed by atoms with Gasteiger partial charge < -0.3 is 15.4 Å². The van der Waals surface area contributed by atoms with Gasteiger partial charge in [0, 0.05) is 21.3 Å². The van der Waals surface area contributed by atoms with E-state index < -0.39 is 0 Å². The van der Waals surface area contributed by atoms with Crippen LogP contribution in [0.25, 0.3) is 22.8 Å². The fraction of sp³-hybridized carbons (Fsp3) is 0.188. The second-order valence-corrected chi connectivity index (χ2v) is 11.4. The van der Waals surface area contributed by atoms with Gasteiger partial charge in [0.2, 0.25) is 0 Å². The average molecular weight is 588 g/mol. The first-order chi connectivity index (χ1) is 19.5. The van der Waals surface area contributed by atoms with E-state index in [4.69, 9.17) is 37.9 Å². The van der Waals surface area contributed by atoms with Crippen LogP contribution in [0.3, 0.4) is 0 Å². The summed E-state index contributed by atoms with van der Waals surface area (Å²) in [5, 5.41) is 9.41. The summed E-state index contributed by atoms with van der Waals surface area (Å²) in [6, 6.07) is 23.9. The molecule has 0 saturated carbocycles. The molecule has 6 rings (SSSR count). The van der Waals surface area contributed by atoms with Gasteiger partial charge in [0.1, 0.15) is 11.6 Å². The fourth-order valence-corrected chi connectivity index (χ4v) is 5.96. The second kappa shape index (κ2) is 11.6. The number of fused-ring (bicyclic) bond motifs is 2. The highest BCUT2D eigenvalue weighted by atomic mass is 35.5. The molecule has 0 fully saturated rings. The number of thioether (sulfide) groups is 1. The Labute approximate surface area is 248 Å². The number of halogens is 2. The number of amidine groups is 1. The number of nitrogens with one attached hydrogen (secondary N) is 2. The number of pyridine rings is 1. The zero-order chi connectivity index (χ0) is 27.6. The van der Waals surface area contributed by atoms with Gasteiger partial charge in [0.05, 0.1) is 12.8 Å². The van der Waals surface area contributed by atoms with Gasteiger partial charge in [-0.15, -0.1) is 0 Å². The standard InChI is InChI=1S/C32H28Cl2N4OS/c1-39-25-16-14-24(15-17-25)35-30-28-27(20-8-12-23(34)13-9-20)26-5-3-4-21(18-19-6-10-22(33)11-7-19)29(26)36-31(28)38-32(37-30)40-2/h6-18,30,35H,3-5H2,1-2H3,(H,36,37,38)/b21-18-. The number of nitrogens with zero attached hydrogens (tertiary/aromatic N) is 2. The lowest BCUT2D eigenvalue weighted by Gasteiger charge is -2.32.